The number of nitrogens with one attached hydrogen (secondary N) is 1. The number of hydrazine groups is 1. The highest BCUT2D eigenvalue weighted by Gasteiger charge is 2.24. The first-order valence-electron chi connectivity index (χ1n) is 5.96. The van der Waals surface area contributed by atoms with Crippen molar-refractivity contribution in [3.8, 4) is 5.75 Å². The molecule has 0 aliphatic carbocycles. The summed E-state index contributed by atoms with van der Waals surface area (Å²) in [5, 5.41) is 8.99. The normalized spacial score (nSPS) is 12.3. The summed E-state index contributed by atoms with van der Waals surface area (Å²) in [6, 6.07) is 7.34. The van der Waals surface area contributed by atoms with Crippen LogP contribution in [-0.2, 0) is 11.2 Å². The predicted molar refractivity (Wildman–Crippen MR) is 68.8 cm³/mol. The van der Waals surface area contributed by atoms with Gasteiger partial charge in [-0.25, -0.2) is 5.84 Å². The maximum atomic E-state index is 11.6. The fraction of sp³-hybridized carbons (Fsp3) is 0.462. The predicted octanol–water partition coefficient (Wildman–Crippen LogP) is 0.615. The Morgan fingerprint density at radius 2 is 2.11 bits per heavy atom. The van der Waals surface area contributed by atoms with Crippen LogP contribution in [0.4, 0.5) is 0 Å². The van der Waals surface area contributed by atoms with Crippen molar-refractivity contribution in [3.05, 3.63) is 29.8 Å². The van der Waals surface area contributed by atoms with E-state index in [0.717, 1.165) is 5.56 Å². The van der Waals surface area contributed by atoms with Crippen LogP contribution in [0.3, 0.4) is 0 Å². The van der Waals surface area contributed by atoms with Gasteiger partial charge in [0.15, 0.2) is 6.10 Å². The number of para-hydroxylation sites is 1. The Hall–Kier alpha value is -1.59. The molecule has 0 aromatic heterocycles. The number of ether oxygens (including phenoxy) is 1. The molecule has 1 rings (SSSR count). The number of rotatable bonds is 6. The summed E-state index contributed by atoms with van der Waals surface area (Å²) in [6.45, 7) is 3.80. The number of amides is 1. The molecule has 0 spiro atoms. The molecule has 1 unspecified atom stereocenters. The quantitative estimate of drug-likeness (QED) is 0.393. The Bertz CT molecular complexity index is 394. The zero-order valence-corrected chi connectivity index (χ0v) is 10.7. The molecule has 1 atom stereocenters. The van der Waals surface area contributed by atoms with E-state index in [0.29, 0.717) is 12.2 Å². The number of nitrogens with two attached hydrogens (primary N) is 1. The third-order valence-electron chi connectivity index (χ3n) is 2.61. The van der Waals surface area contributed by atoms with Crippen LogP contribution in [0.25, 0.3) is 0 Å². The van der Waals surface area contributed by atoms with Gasteiger partial charge in [0, 0.05) is 6.61 Å². The maximum absolute atomic E-state index is 11.6. The lowest BCUT2D eigenvalue weighted by atomic mass is 10.1. The standard InChI is InChI=1S/C13H20N2O3/c1-9(2)12(13(17)15-14)18-11-6-4-3-5-10(11)7-8-16/h3-6,9,12,16H,7-8,14H2,1-2H3,(H,15,17). The second kappa shape index (κ2) is 6.98. The SMILES string of the molecule is CC(C)C(Oc1ccccc1CCO)C(=O)NN. The Morgan fingerprint density at radius 1 is 1.44 bits per heavy atom. The molecule has 0 heterocycles. The van der Waals surface area contributed by atoms with Crippen molar-refractivity contribution in [2.45, 2.75) is 26.4 Å². The van der Waals surface area contributed by atoms with Gasteiger partial charge in [0.1, 0.15) is 5.75 Å². The summed E-state index contributed by atoms with van der Waals surface area (Å²) in [4.78, 5) is 11.6. The summed E-state index contributed by atoms with van der Waals surface area (Å²) in [7, 11) is 0. The highest BCUT2D eigenvalue weighted by Crippen LogP contribution is 2.21. The van der Waals surface area contributed by atoms with Crippen LogP contribution in [0, 0.1) is 5.92 Å². The van der Waals surface area contributed by atoms with Crippen LogP contribution in [0.15, 0.2) is 24.3 Å². The van der Waals surface area contributed by atoms with Crippen LogP contribution < -0.4 is 16.0 Å². The van der Waals surface area contributed by atoms with Crippen LogP contribution in [-0.4, -0.2) is 23.7 Å². The van der Waals surface area contributed by atoms with Gasteiger partial charge >= 0.3 is 0 Å². The Balaban J connectivity index is 2.89. The highest BCUT2D eigenvalue weighted by molar-refractivity contribution is 5.80. The number of carbonyl (C=O) groups is 1. The third kappa shape index (κ3) is 3.72. The lowest BCUT2D eigenvalue weighted by Crippen LogP contribution is -2.44. The van der Waals surface area contributed by atoms with Crippen LogP contribution in [0.1, 0.15) is 19.4 Å². The first-order valence-corrected chi connectivity index (χ1v) is 5.96. The van der Waals surface area contributed by atoms with E-state index < -0.39 is 6.10 Å². The number of benzene rings is 1. The lowest BCUT2D eigenvalue weighted by Gasteiger charge is -2.22. The van der Waals surface area contributed by atoms with E-state index in [2.05, 4.69) is 5.43 Å². The number of aliphatic hydroxyl groups is 1. The highest BCUT2D eigenvalue weighted by atomic mass is 16.5. The second-order valence-corrected chi connectivity index (χ2v) is 4.37. The van der Waals surface area contributed by atoms with Gasteiger partial charge in [0.2, 0.25) is 0 Å². The first kappa shape index (κ1) is 14.5. The number of aliphatic hydroxyl groups excluding tert-OH is 1. The molecule has 1 amide bonds. The van der Waals surface area contributed by atoms with Crippen LogP contribution >= 0.6 is 0 Å². The Labute approximate surface area is 107 Å². The molecular formula is C13H20N2O3. The summed E-state index contributed by atoms with van der Waals surface area (Å²) in [6.07, 6.45) is -0.152. The molecule has 0 fully saturated rings. The minimum atomic E-state index is -0.644. The molecule has 0 aliphatic heterocycles. The van der Waals surface area contributed by atoms with E-state index in [1.165, 1.54) is 0 Å². The van der Waals surface area contributed by atoms with Gasteiger partial charge in [0.05, 0.1) is 0 Å². The van der Waals surface area contributed by atoms with Gasteiger partial charge in [-0.1, -0.05) is 32.0 Å². The van der Waals surface area contributed by atoms with E-state index in [4.69, 9.17) is 15.7 Å². The molecule has 18 heavy (non-hydrogen) atoms. The van der Waals surface area contributed by atoms with Gasteiger partial charge in [0.25, 0.3) is 5.91 Å². The fourth-order valence-electron chi connectivity index (χ4n) is 1.66. The molecule has 5 nitrogen and oxygen atoms in total. The van der Waals surface area contributed by atoms with Gasteiger partial charge in [-0.2, -0.15) is 0 Å². The third-order valence-corrected chi connectivity index (χ3v) is 2.61. The second-order valence-electron chi connectivity index (χ2n) is 4.37. The zero-order chi connectivity index (χ0) is 13.5. The minimum absolute atomic E-state index is 0.00395. The average Bonchev–Trinajstić information content (AvgIpc) is 2.36. The Kier molecular flexibility index (Phi) is 5.61. The van der Waals surface area contributed by atoms with Gasteiger partial charge in [-0.3, -0.25) is 10.2 Å². The molecule has 1 aromatic carbocycles. The van der Waals surface area contributed by atoms with Gasteiger partial charge in [-0.15, -0.1) is 0 Å². The minimum Gasteiger partial charge on any atom is -0.480 e. The molecule has 0 aliphatic rings. The van der Waals surface area contributed by atoms with Gasteiger partial charge in [-0.05, 0) is 24.0 Å². The lowest BCUT2D eigenvalue weighted by molar-refractivity contribution is -0.129. The molecule has 0 saturated carbocycles. The molecule has 0 saturated heterocycles. The van der Waals surface area contributed by atoms with Crippen LogP contribution in [0.2, 0.25) is 0 Å². The molecule has 100 valence electrons. The van der Waals surface area contributed by atoms with Crippen molar-refractivity contribution in [2.75, 3.05) is 6.61 Å². The zero-order valence-electron chi connectivity index (χ0n) is 10.7. The summed E-state index contributed by atoms with van der Waals surface area (Å²) in [5.41, 5.74) is 2.98. The van der Waals surface area contributed by atoms with E-state index >= 15 is 0 Å². The number of hydrogen-bond acceptors (Lipinski definition) is 4. The van der Waals surface area contributed by atoms with E-state index in [-0.39, 0.29) is 18.4 Å². The summed E-state index contributed by atoms with van der Waals surface area (Å²) >= 11 is 0. The first-order chi connectivity index (χ1) is 8.60. The van der Waals surface area contributed by atoms with E-state index in [1.54, 1.807) is 6.07 Å². The maximum Gasteiger partial charge on any atom is 0.275 e. The van der Waals surface area contributed by atoms with Crippen molar-refractivity contribution in [3.63, 3.8) is 0 Å². The number of carbonyl (C=O) groups excluding carboxylic acids is 1. The summed E-state index contributed by atoms with van der Waals surface area (Å²) in [5.74, 6) is 5.39. The molecule has 0 radical (unpaired) electrons. The number of hydrogen-bond donors (Lipinski definition) is 3. The molecule has 5 heteroatoms. The summed E-state index contributed by atoms with van der Waals surface area (Å²) < 4.78 is 5.71. The molecular weight excluding hydrogens is 232 g/mol. The molecule has 4 N–H and O–H groups in total. The monoisotopic (exact) mass is 252 g/mol. The van der Waals surface area contributed by atoms with E-state index in [9.17, 15) is 4.79 Å². The fourth-order valence-corrected chi connectivity index (χ4v) is 1.66. The van der Waals surface area contributed by atoms with Crippen molar-refractivity contribution in [2.24, 2.45) is 11.8 Å². The van der Waals surface area contributed by atoms with E-state index in [1.807, 2.05) is 32.0 Å². The van der Waals surface area contributed by atoms with Crippen molar-refractivity contribution in [1.29, 1.82) is 0 Å². The topological polar surface area (TPSA) is 84.6 Å². The van der Waals surface area contributed by atoms with Crippen molar-refractivity contribution >= 4 is 5.91 Å². The smallest absolute Gasteiger partial charge is 0.275 e. The largest absolute Gasteiger partial charge is 0.480 e. The molecule has 0 bridgehead atoms. The Morgan fingerprint density at radius 3 is 2.67 bits per heavy atom. The van der Waals surface area contributed by atoms with Gasteiger partial charge < -0.3 is 9.84 Å². The van der Waals surface area contributed by atoms with Crippen LogP contribution in [0.5, 0.6) is 5.75 Å². The van der Waals surface area contributed by atoms with Crippen molar-refractivity contribution in [1.82, 2.24) is 5.43 Å². The average molecular weight is 252 g/mol. The molecule has 1 aromatic rings. The van der Waals surface area contributed by atoms with Crippen molar-refractivity contribution < 1.29 is 14.6 Å².